The van der Waals surface area contributed by atoms with Gasteiger partial charge < -0.3 is 14.4 Å². The molecule has 1 aromatic heterocycles. The van der Waals surface area contributed by atoms with E-state index in [0.717, 1.165) is 47.4 Å². The average molecular weight is 432 g/mol. The first-order valence-corrected chi connectivity index (χ1v) is 10.0. The first-order chi connectivity index (χ1) is 13.0. The van der Waals surface area contributed by atoms with Crippen LogP contribution in [0.1, 0.15) is 30.2 Å². The van der Waals surface area contributed by atoms with Gasteiger partial charge in [-0.25, -0.2) is 9.98 Å². The molecule has 0 amide bonds. The van der Waals surface area contributed by atoms with Crippen LogP contribution in [0.4, 0.5) is 5.69 Å². The van der Waals surface area contributed by atoms with Crippen LogP contribution in [0.5, 0.6) is 11.6 Å². The molecule has 1 atom stereocenters. The Balaban J connectivity index is 1.74. The number of hydrogen-bond acceptors (Lipinski definition) is 4. The van der Waals surface area contributed by atoms with Crippen molar-refractivity contribution in [1.82, 2.24) is 9.88 Å². The van der Waals surface area contributed by atoms with Gasteiger partial charge in [0.2, 0.25) is 5.88 Å². The number of ether oxygens (including phenoxy) is 2. The molecule has 27 heavy (non-hydrogen) atoms. The first kappa shape index (κ1) is 19.7. The third-order valence-corrected chi connectivity index (χ3v) is 5.46. The van der Waals surface area contributed by atoms with Crippen molar-refractivity contribution >= 4 is 28.0 Å². The van der Waals surface area contributed by atoms with E-state index in [0.29, 0.717) is 5.88 Å². The summed E-state index contributed by atoms with van der Waals surface area (Å²) >= 11 is 3.59. The Kier molecular flexibility index (Phi) is 6.37. The maximum absolute atomic E-state index is 6.24. The third kappa shape index (κ3) is 4.61. The third-order valence-electron chi connectivity index (χ3n) is 4.89. The van der Waals surface area contributed by atoms with Gasteiger partial charge in [0.15, 0.2) is 0 Å². The predicted octanol–water partition coefficient (Wildman–Crippen LogP) is 4.71. The molecule has 1 unspecified atom stereocenters. The Hall–Kier alpha value is -2.08. The van der Waals surface area contributed by atoms with Gasteiger partial charge in [0.1, 0.15) is 11.9 Å². The molecule has 0 aliphatic heterocycles. The van der Waals surface area contributed by atoms with Crippen molar-refractivity contribution in [3.05, 3.63) is 45.6 Å². The van der Waals surface area contributed by atoms with Gasteiger partial charge in [0.25, 0.3) is 0 Å². The number of rotatable bonds is 6. The summed E-state index contributed by atoms with van der Waals surface area (Å²) in [6.07, 6.45) is 4.69. The second-order valence-electron chi connectivity index (χ2n) is 6.78. The van der Waals surface area contributed by atoms with Gasteiger partial charge in [-0.3, -0.25) is 0 Å². The van der Waals surface area contributed by atoms with Crippen molar-refractivity contribution < 1.29 is 9.47 Å². The monoisotopic (exact) mass is 431 g/mol. The van der Waals surface area contributed by atoms with Gasteiger partial charge in [0.05, 0.1) is 29.3 Å². The molecule has 1 aromatic carbocycles. The normalized spacial score (nSPS) is 16.3. The largest absolute Gasteiger partial charge is 0.496 e. The molecule has 1 aliphatic rings. The quantitative estimate of drug-likeness (QED) is 0.490. The Morgan fingerprint density at radius 2 is 2.22 bits per heavy atom. The highest BCUT2D eigenvalue weighted by atomic mass is 79.9. The zero-order chi connectivity index (χ0) is 19.4. The highest BCUT2D eigenvalue weighted by Gasteiger charge is 2.23. The Morgan fingerprint density at radius 1 is 1.41 bits per heavy atom. The lowest BCUT2D eigenvalue weighted by molar-refractivity contribution is 0.175. The minimum Gasteiger partial charge on any atom is -0.496 e. The molecule has 0 saturated carbocycles. The van der Waals surface area contributed by atoms with Gasteiger partial charge in [0, 0.05) is 20.0 Å². The molecule has 5 nitrogen and oxygen atoms in total. The number of benzene rings is 1. The Bertz CT molecular complexity index is 838. The van der Waals surface area contributed by atoms with E-state index in [1.54, 1.807) is 7.11 Å². The summed E-state index contributed by atoms with van der Waals surface area (Å²) in [5.74, 6) is 1.60. The molecule has 144 valence electrons. The van der Waals surface area contributed by atoms with Crippen LogP contribution in [-0.4, -0.2) is 43.0 Å². The van der Waals surface area contributed by atoms with Crippen molar-refractivity contribution in [1.29, 1.82) is 0 Å². The molecular formula is C21H26BrN3O2. The van der Waals surface area contributed by atoms with Crippen molar-refractivity contribution in [2.45, 2.75) is 39.2 Å². The molecular weight excluding hydrogens is 406 g/mol. The Labute approximate surface area is 169 Å². The molecule has 3 rings (SSSR count). The van der Waals surface area contributed by atoms with Crippen LogP contribution < -0.4 is 9.47 Å². The number of aliphatic imine (C=N–C) groups is 1. The van der Waals surface area contributed by atoms with Gasteiger partial charge in [-0.1, -0.05) is 12.1 Å². The number of fused-ring (bicyclic) bond motifs is 1. The van der Waals surface area contributed by atoms with E-state index in [4.69, 9.17) is 9.47 Å². The second kappa shape index (κ2) is 8.74. The maximum atomic E-state index is 6.24. The fourth-order valence-corrected chi connectivity index (χ4v) is 3.59. The fourth-order valence-electron chi connectivity index (χ4n) is 3.19. The molecule has 0 saturated heterocycles. The number of pyridine rings is 1. The molecule has 0 radical (unpaired) electrons. The van der Waals surface area contributed by atoms with Gasteiger partial charge in [-0.2, -0.15) is 0 Å². The number of methoxy groups -OCH3 is 1. The molecule has 1 aliphatic carbocycles. The zero-order valence-corrected chi connectivity index (χ0v) is 17.9. The SMILES string of the molecule is CCN(C)C=Nc1cc(Br)c(OC2CCc3c(cccc3OC)C2)nc1C. The maximum Gasteiger partial charge on any atom is 0.228 e. The summed E-state index contributed by atoms with van der Waals surface area (Å²) in [5.41, 5.74) is 4.29. The standard InChI is InChI=1S/C21H26BrN3O2/c1-5-25(3)13-23-19-12-18(22)21(24-14(19)2)27-16-9-10-17-15(11-16)7-6-8-20(17)26-4/h6-8,12-13,16H,5,9-11H2,1-4H3. The van der Waals surface area contributed by atoms with Crippen LogP contribution in [0.25, 0.3) is 0 Å². The van der Waals surface area contributed by atoms with Gasteiger partial charge in [-0.15, -0.1) is 0 Å². The Morgan fingerprint density at radius 3 is 2.96 bits per heavy atom. The summed E-state index contributed by atoms with van der Waals surface area (Å²) in [5, 5.41) is 0. The van der Waals surface area contributed by atoms with Crippen molar-refractivity contribution in [3.8, 4) is 11.6 Å². The fraction of sp³-hybridized carbons (Fsp3) is 0.429. The highest BCUT2D eigenvalue weighted by molar-refractivity contribution is 9.10. The first-order valence-electron chi connectivity index (χ1n) is 9.24. The van der Waals surface area contributed by atoms with Crippen LogP contribution in [0.3, 0.4) is 0 Å². The van der Waals surface area contributed by atoms with Gasteiger partial charge >= 0.3 is 0 Å². The molecule has 1 heterocycles. The number of aryl methyl sites for hydroxylation is 1. The smallest absolute Gasteiger partial charge is 0.228 e. The molecule has 2 aromatic rings. The van der Waals surface area contributed by atoms with Crippen molar-refractivity contribution in [3.63, 3.8) is 0 Å². The minimum atomic E-state index is 0.105. The highest BCUT2D eigenvalue weighted by Crippen LogP contribution is 2.34. The van der Waals surface area contributed by atoms with Crippen molar-refractivity contribution in [2.75, 3.05) is 20.7 Å². The summed E-state index contributed by atoms with van der Waals surface area (Å²) in [6.45, 7) is 4.95. The van der Waals surface area contributed by atoms with E-state index in [-0.39, 0.29) is 6.10 Å². The van der Waals surface area contributed by atoms with E-state index in [2.05, 4.69) is 38.9 Å². The number of nitrogens with zero attached hydrogens (tertiary/aromatic N) is 3. The van der Waals surface area contributed by atoms with E-state index in [1.807, 2.05) is 43.4 Å². The van der Waals surface area contributed by atoms with Crippen molar-refractivity contribution in [2.24, 2.45) is 4.99 Å². The summed E-state index contributed by atoms with van der Waals surface area (Å²) in [4.78, 5) is 11.2. The zero-order valence-electron chi connectivity index (χ0n) is 16.3. The number of hydrogen-bond donors (Lipinski definition) is 0. The molecule has 6 heteroatoms. The topological polar surface area (TPSA) is 47.0 Å². The summed E-state index contributed by atoms with van der Waals surface area (Å²) in [7, 11) is 3.72. The van der Waals surface area contributed by atoms with E-state index in [9.17, 15) is 0 Å². The van der Waals surface area contributed by atoms with E-state index in [1.165, 1.54) is 11.1 Å². The lowest BCUT2D eigenvalue weighted by Crippen LogP contribution is -2.26. The van der Waals surface area contributed by atoms with E-state index < -0.39 is 0 Å². The number of halogens is 1. The summed E-state index contributed by atoms with van der Waals surface area (Å²) < 4.78 is 12.6. The van der Waals surface area contributed by atoms with Gasteiger partial charge in [-0.05, 0) is 65.9 Å². The van der Waals surface area contributed by atoms with Crippen LogP contribution in [0.2, 0.25) is 0 Å². The van der Waals surface area contributed by atoms with Crippen LogP contribution in [-0.2, 0) is 12.8 Å². The predicted molar refractivity (Wildman–Crippen MR) is 113 cm³/mol. The van der Waals surface area contributed by atoms with Crippen LogP contribution in [0, 0.1) is 6.92 Å². The molecule has 0 N–H and O–H groups in total. The average Bonchev–Trinajstić information content (AvgIpc) is 2.68. The number of aromatic nitrogens is 1. The van der Waals surface area contributed by atoms with E-state index >= 15 is 0 Å². The van der Waals surface area contributed by atoms with Crippen LogP contribution in [0.15, 0.2) is 33.7 Å². The lowest BCUT2D eigenvalue weighted by atomic mass is 9.89. The second-order valence-corrected chi connectivity index (χ2v) is 7.63. The molecule has 0 spiro atoms. The summed E-state index contributed by atoms with van der Waals surface area (Å²) in [6, 6.07) is 8.19. The van der Waals surface area contributed by atoms with Crippen LogP contribution >= 0.6 is 15.9 Å². The molecule has 0 fully saturated rings. The minimum absolute atomic E-state index is 0.105. The lowest BCUT2D eigenvalue weighted by Gasteiger charge is -2.26. The molecule has 0 bridgehead atoms.